The van der Waals surface area contributed by atoms with Crippen molar-refractivity contribution in [2.75, 3.05) is 0 Å². The Labute approximate surface area is 229 Å². The quantitative estimate of drug-likeness (QED) is 0.221. The number of rotatable bonds is 13. The van der Waals surface area contributed by atoms with Gasteiger partial charge in [0.15, 0.2) is 0 Å². The highest BCUT2D eigenvalue weighted by Gasteiger charge is 2.90. The number of hydrogen-bond acceptors (Lipinski definition) is 3. The van der Waals surface area contributed by atoms with Gasteiger partial charge >= 0.3 is 41.9 Å². The number of alkyl carbamates (subject to hydrolysis) is 1. The number of carbonyl (C=O) groups excluding carboxylic acids is 1. The molecular weight excluding hydrogens is 609 g/mol. The molecule has 1 unspecified atom stereocenters. The SMILES string of the molecule is O=C(NC(C[C@@H](O)CCC(F)(F)C(F)(F)C(F)(F)C(F)(F)C(F)(F)C(F)(F)F)c1ccccc1)OCc1ccccc1. The minimum Gasteiger partial charge on any atom is -0.445 e. The van der Waals surface area contributed by atoms with Crippen molar-refractivity contribution in [2.24, 2.45) is 0 Å². The maximum atomic E-state index is 14.1. The lowest BCUT2D eigenvalue weighted by Crippen LogP contribution is -2.70. The van der Waals surface area contributed by atoms with Gasteiger partial charge in [-0.3, -0.25) is 0 Å². The van der Waals surface area contributed by atoms with Crippen LogP contribution in [0.25, 0.3) is 0 Å². The van der Waals surface area contributed by atoms with E-state index in [1.54, 1.807) is 30.3 Å². The second-order valence-corrected chi connectivity index (χ2v) is 9.10. The average Bonchev–Trinajstić information content (AvgIpc) is 2.90. The maximum absolute atomic E-state index is 14.1. The fourth-order valence-corrected chi connectivity index (χ4v) is 3.57. The van der Waals surface area contributed by atoms with Crippen LogP contribution in [-0.4, -0.2) is 53.1 Å². The Kier molecular flexibility index (Phi) is 10.4. The highest BCUT2D eigenvalue weighted by Crippen LogP contribution is 2.60. The summed E-state index contributed by atoms with van der Waals surface area (Å²) in [5.41, 5.74) is 0.772. The molecule has 236 valence electrons. The lowest BCUT2D eigenvalue weighted by molar-refractivity contribution is -0.440. The van der Waals surface area contributed by atoms with Gasteiger partial charge < -0.3 is 15.2 Å². The van der Waals surface area contributed by atoms with Gasteiger partial charge in [-0.25, -0.2) is 4.79 Å². The van der Waals surface area contributed by atoms with Crippen molar-refractivity contribution in [1.82, 2.24) is 5.32 Å². The van der Waals surface area contributed by atoms with Crippen LogP contribution in [0.3, 0.4) is 0 Å². The van der Waals surface area contributed by atoms with Crippen LogP contribution in [0.2, 0.25) is 0 Å². The zero-order chi connectivity index (χ0) is 32.2. The lowest BCUT2D eigenvalue weighted by Gasteiger charge is -2.40. The Balaban J connectivity index is 2.16. The molecule has 17 heteroatoms. The van der Waals surface area contributed by atoms with E-state index in [-0.39, 0.29) is 12.2 Å². The molecule has 0 saturated carbocycles. The van der Waals surface area contributed by atoms with Crippen LogP contribution < -0.4 is 5.32 Å². The van der Waals surface area contributed by atoms with E-state index in [0.717, 1.165) is 0 Å². The summed E-state index contributed by atoms with van der Waals surface area (Å²) in [5.74, 6) is -37.5. The molecule has 1 amide bonds. The molecule has 0 bridgehead atoms. The normalized spacial score (nSPS) is 15.2. The highest BCUT2D eigenvalue weighted by molar-refractivity contribution is 5.68. The van der Waals surface area contributed by atoms with E-state index in [2.05, 4.69) is 5.32 Å². The van der Waals surface area contributed by atoms with Gasteiger partial charge in [0.2, 0.25) is 0 Å². The number of amides is 1. The number of hydrogen-bond donors (Lipinski definition) is 2. The summed E-state index contributed by atoms with van der Waals surface area (Å²) in [5, 5.41) is 12.4. The van der Waals surface area contributed by atoms with Crippen molar-refractivity contribution in [3.63, 3.8) is 0 Å². The van der Waals surface area contributed by atoms with Gasteiger partial charge in [-0.1, -0.05) is 60.7 Å². The molecule has 2 aromatic carbocycles. The van der Waals surface area contributed by atoms with Gasteiger partial charge in [-0.2, -0.15) is 57.1 Å². The van der Waals surface area contributed by atoms with Gasteiger partial charge in [0.25, 0.3) is 0 Å². The molecule has 0 aliphatic carbocycles. The van der Waals surface area contributed by atoms with Crippen molar-refractivity contribution in [3.8, 4) is 0 Å². The van der Waals surface area contributed by atoms with Crippen LogP contribution in [0.5, 0.6) is 0 Å². The number of aliphatic hydroxyl groups excluding tert-OH is 1. The van der Waals surface area contributed by atoms with Crippen molar-refractivity contribution < 1.29 is 71.7 Å². The van der Waals surface area contributed by atoms with Crippen LogP contribution in [0.4, 0.5) is 61.9 Å². The summed E-state index contributed by atoms with van der Waals surface area (Å²) >= 11 is 0. The fourth-order valence-electron chi connectivity index (χ4n) is 3.57. The van der Waals surface area contributed by atoms with Gasteiger partial charge in [-0.05, 0) is 24.0 Å². The van der Waals surface area contributed by atoms with Crippen molar-refractivity contribution >= 4 is 6.09 Å². The summed E-state index contributed by atoms with van der Waals surface area (Å²) in [4.78, 5) is 12.3. The first-order valence-electron chi connectivity index (χ1n) is 11.7. The number of nitrogens with one attached hydrogen (secondary N) is 1. The highest BCUT2D eigenvalue weighted by atomic mass is 19.4. The van der Waals surface area contributed by atoms with E-state index in [1.165, 1.54) is 30.3 Å². The third-order valence-corrected chi connectivity index (χ3v) is 6.00. The summed E-state index contributed by atoms with van der Waals surface area (Å²) in [7, 11) is 0. The van der Waals surface area contributed by atoms with E-state index in [4.69, 9.17) is 4.74 Å². The van der Waals surface area contributed by atoms with Gasteiger partial charge in [0.1, 0.15) is 6.61 Å². The molecule has 0 fully saturated rings. The molecule has 2 rings (SSSR count). The Bertz CT molecular complexity index is 1160. The maximum Gasteiger partial charge on any atom is 0.460 e. The topological polar surface area (TPSA) is 58.6 Å². The number of benzene rings is 2. The predicted molar refractivity (Wildman–Crippen MR) is 120 cm³/mol. The van der Waals surface area contributed by atoms with Crippen LogP contribution in [0.1, 0.15) is 36.4 Å². The molecule has 2 aromatic rings. The molecule has 2 atom stereocenters. The van der Waals surface area contributed by atoms with Crippen LogP contribution >= 0.6 is 0 Å². The molecular formula is C25H22F13NO3. The molecule has 0 aromatic heterocycles. The van der Waals surface area contributed by atoms with Crippen LogP contribution in [0, 0.1) is 0 Å². The standard InChI is InChI=1S/C25H22F13NO3/c26-20(27,21(28,29)22(30,31)23(32,33)24(34,35)25(36,37)38)12-11-17(40)13-18(16-9-5-2-6-10-16)39-19(41)42-14-15-7-3-1-4-8-15/h1-10,17-18,40H,11-14H2,(H,39,41)/t17-,18?/m0/s1. The molecule has 0 spiro atoms. The van der Waals surface area contributed by atoms with Crippen molar-refractivity contribution in [3.05, 3.63) is 71.8 Å². The first-order chi connectivity index (χ1) is 19.1. The van der Waals surface area contributed by atoms with Gasteiger partial charge in [0.05, 0.1) is 12.1 Å². The Morgan fingerprint density at radius 2 is 1.19 bits per heavy atom. The Morgan fingerprint density at radius 3 is 1.69 bits per heavy atom. The van der Waals surface area contributed by atoms with Crippen LogP contribution in [-0.2, 0) is 11.3 Å². The summed E-state index contributed by atoms with van der Waals surface area (Å²) in [6, 6.07) is 14.1. The second kappa shape index (κ2) is 12.6. The molecule has 0 radical (unpaired) electrons. The van der Waals surface area contributed by atoms with E-state index < -0.39 is 73.3 Å². The molecule has 2 N–H and O–H groups in total. The number of alkyl halides is 13. The van der Waals surface area contributed by atoms with E-state index in [1.807, 2.05) is 0 Å². The number of ether oxygens (including phenoxy) is 1. The smallest absolute Gasteiger partial charge is 0.445 e. The predicted octanol–water partition coefficient (Wildman–Crippen LogP) is 7.92. The van der Waals surface area contributed by atoms with E-state index in [9.17, 15) is 67.0 Å². The van der Waals surface area contributed by atoms with Gasteiger partial charge in [-0.15, -0.1) is 0 Å². The summed E-state index contributed by atoms with van der Waals surface area (Å²) in [6.07, 6.45) is -15.6. The Hall–Kier alpha value is -3.24. The second-order valence-electron chi connectivity index (χ2n) is 9.10. The summed E-state index contributed by atoms with van der Waals surface area (Å²) < 4.78 is 178. The molecule has 4 nitrogen and oxygen atoms in total. The van der Waals surface area contributed by atoms with Gasteiger partial charge in [0, 0.05) is 6.42 Å². The lowest BCUT2D eigenvalue weighted by atomic mass is 9.90. The van der Waals surface area contributed by atoms with Crippen molar-refractivity contribution in [2.45, 2.75) is 73.8 Å². The van der Waals surface area contributed by atoms with E-state index >= 15 is 0 Å². The minimum absolute atomic E-state index is 0.214. The number of carbonyl (C=O) groups is 1. The molecule has 0 aliphatic heterocycles. The molecule has 42 heavy (non-hydrogen) atoms. The fraction of sp³-hybridized carbons (Fsp3) is 0.480. The summed E-state index contributed by atoms with van der Waals surface area (Å²) in [6.45, 7) is -0.232. The Morgan fingerprint density at radius 1 is 0.714 bits per heavy atom. The first kappa shape index (κ1) is 35.0. The minimum atomic E-state index is -7.99. The van der Waals surface area contributed by atoms with Crippen LogP contribution in [0.15, 0.2) is 60.7 Å². The first-order valence-corrected chi connectivity index (χ1v) is 11.7. The molecule has 0 aliphatic rings. The number of halogens is 13. The number of aliphatic hydroxyl groups is 1. The largest absolute Gasteiger partial charge is 0.460 e. The van der Waals surface area contributed by atoms with Crippen molar-refractivity contribution in [1.29, 1.82) is 0 Å². The third kappa shape index (κ3) is 7.21. The monoisotopic (exact) mass is 631 g/mol. The van der Waals surface area contributed by atoms with E-state index in [0.29, 0.717) is 5.56 Å². The molecule has 0 heterocycles. The third-order valence-electron chi connectivity index (χ3n) is 6.00. The average molecular weight is 631 g/mol. The zero-order valence-corrected chi connectivity index (χ0v) is 20.9. The zero-order valence-electron chi connectivity index (χ0n) is 20.9. The molecule has 0 saturated heterocycles.